The van der Waals surface area contributed by atoms with Crippen LogP contribution in [-0.2, 0) is 35.1 Å². The molecular formula is C35H43NO8. The molecule has 0 bridgehead atoms. The predicted molar refractivity (Wildman–Crippen MR) is 165 cm³/mol. The maximum absolute atomic E-state index is 14.4. The van der Waals surface area contributed by atoms with Crippen LogP contribution in [0.1, 0.15) is 70.6 Å². The summed E-state index contributed by atoms with van der Waals surface area (Å²) >= 11 is 0. The number of esters is 1. The third-order valence-corrected chi connectivity index (χ3v) is 7.69. The van der Waals surface area contributed by atoms with Gasteiger partial charge in [-0.2, -0.15) is 0 Å². The molecule has 3 unspecified atom stereocenters. The van der Waals surface area contributed by atoms with Gasteiger partial charge < -0.3 is 14.6 Å². The number of hydrogen-bond acceptors (Lipinski definition) is 8. The zero-order chi connectivity index (χ0) is 32.6. The number of unbranched alkanes of at least 4 members (excludes halogenated alkanes) is 1. The van der Waals surface area contributed by atoms with Crippen LogP contribution in [0.4, 0.5) is 4.79 Å². The van der Waals surface area contributed by atoms with Crippen molar-refractivity contribution in [1.82, 2.24) is 4.90 Å². The molecule has 0 saturated carbocycles. The number of allylic oxidation sites excluding steroid dienone is 1. The lowest BCUT2D eigenvalue weighted by molar-refractivity contribution is -0.159. The first-order valence-electron chi connectivity index (χ1n) is 15.0. The number of ketones is 2. The molecule has 1 saturated heterocycles. The van der Waals surface area contributed by atoms with Crippen molar-refractivity contribution in [3.8, 4) is 0 Å². The number of carbonyl (C=O) groups excluding carboxylic acids is 5. The third-order valence-electron chi connectivity index (χ3n) is 7.69. The number of imide groups is 1. The molecule has 1 heterocycles. The van der Waals surface area contributed by atoms with Crippen LogP contribution in [-0.4, -0.2) is 63.9 Å². The third kappa shape index (κ3) is 8.50. The van der Waals surface area contributed by atoms with E-state index in [1.165, 1.54) is 0 Å². The van der Waals surface area contributed by atoms with E-state index in [0.29, 0.717) is 24.0 Å². The summed E-state index contributed by atoms with van der Waals surface area (Å²) < 4.78 is 11.2. The Hall–Kier alpha value is -4.11. The quantitative estimate of drug-likeness (QED) is 0.176. The number of rotatable bonds is 14. The minimum atomic E-state index is -1.63. The number of carbonyl (C=O) groups is 5. The highest BCUT2D eigenvalue weighted by Crippen LogP contribution is 2.36. The van der Waals surface area contributed by atoms with Crippen molar-refractivity contribution in [2.24, 2.45) is 11.8 Å². The Labute approximate surface area is 259 Å². The van der Waals surface area contributed by atoms with Gasteiger partial charge in [0.1, 0.15) is 5.60 Å². The van der Waals surface area contributed by atoms with Gasteiger partial charge in [0.25, 0.3) is 0 Å². The summed E-state index contributed by atoms with van der Waals surface area (Å²) in [5.74, 6) is -4.05. The van der Waals surface area contributed by atoms with Gasteiger partial charge in [-0.3, -0.25) is 19.2 Å². The van der Waals surface area contributed by atoms with Crippen LogP contribution in [0.15, 0.2) is 60.7 Å². The molecule has 0 aromatic heterocycles. The number of ether oxygens (including phenoxy) is 2. The summed E-state index contributed by atoms with van der Waals surface area (Å²) in [5, 5.41) is 9.20. The number of aliphatic hydroxyl groups excluding tert-OH is 1. The SMILES string of the molecule is CC(=O)OC(C(=O)C=C(C(=O)CCCCO)c1cccc(C)c1)C(Cc1ccccc1)C(=O)N1C(=O)OC(C)(C)C1C(C)C. The maximum atomic E-state index is 14.4. The number of Topliss-reactive ketones (excluding diaryl/α,β-unsaturated/α-hetero) is 1. The lowest BCUT2D eigenvalue weighted by Gasteiger charge is -2.34. The summed E-state index contributed by atoms with van der Waals surface area (Å²) in [6, 6.07) is 15.4. The summed E-state index contributed by atoms with van der Waals surface area (Å²) in [4.78, 5) is 68.5. The summed E-state index contributed by atoms with van der Waals surface area (Å²) in [6.07, 6.45) is -0.418. The van der Waals surface area contributed by atoms with Crippen molar-refractivity contribution in [2.45, 2.75) is 85.0 Å². The first-order chi connectivity index (χ1) is 20.8. The highest BCUT2D eigenvalue weighted by atomic mass is 16.6. The van der Waals surface area contributed by atoms with Gasteiger partial charge in [0.15, 0.2) is 17.7 Å². The van der Waals surface area contributed by atoms with Gasteiger partial charge in [0.05, 0.1) is 12.0 Å². The Morgan fingerprint density at radius 2 is 1.73 bits per heavy atom. The number of aryl methyl sites for hydroxylation is 1. The smallest absolute Gasteiger partial charge is 0.417 e. The second kappa shape index (κ2) is 15.1. The van der Waals surface area contributed by atoms with Crippen molar-refractivity contribution in [3.63, 3.8) is 0 Å². The van der Waals surface area contributed by atoms with E-state index in [2.05, 4.69) is 0 Å². The Balaban J connectivity index is 2.15. The fraction of sp³-hybridized carbons (Fsp3) is 0.457. The first kappa shape index (κ1) is 34.4. The highest BCUT2D eigenvalue weighted by Gasteiger charge is 2.54. The highest BCUT2D eigenvalue weighted by molar-refractivity contribution is 6.25. The van der Waals surface area contributed by atoms with Gasteiger partial charge >= 0.3 is 12.1 Å². The summed E-state index contributed by atoms with van der Waals surface area (Å²) in [5.41, 5.74) is 1.18. The molecule has 3 atom stereocenters. The fourth-order valence-electron chi connectivity index (χ4n) is 5.87. The standard InChI is InChI=1S/C35H43NO8/c1-22(2)32-35(5,6)44-34(42)36(32)33(41)28(20-25-14-8-7-9-15-25)31(43-24(4)38)30(40)21-27(29(39)17-10-11-18-37)26-16-12-13-23(3)19-26/h7-9,12-16,19,21-22,28,31-32,37H,10-11,17-18,20H2,1-6H3. The van der Waals surface area contributed by atoms with Crippen LogP contribution >= 0.6 is 0 Å². The van der Waals surface area contributed by atoms with E-state index in [0.717, 1.165) is 23.5 Å². The van der Waals surface area contributed by atoms with E-state index in [-0.39, 0.29) is 36.7 Å². The molecule has 2 amide bonds. The van der Waals surface area contributed by atoms with E-state index in [1.807, 2.05) is 32.9 Å². The van der Waals surface area contributed by atoms with Crippen LogP contribution < -0.4 is 0 Å². The Morgan fingerprint density at radius 3 is 2.32 bits per heavy atom. The van der Waals surface area contributed by atoms with Crippen LogP contribution in [0.5, 0.6) is 0 Å². The van der Waals surface area contributed by atoms with E-state index in [9.17, 15) is 29.1 Å². The lowest BCUT2D eigenvalue weighted by atomic mass is 9.85. The zero-order valence-corrected chi connectivity index (χ0v) is 26.4. The van der Waals surface area contributed by atoms with Gasteiger partial charge in [-0.25, -0.2) is 9.69 Å². The molecule has 1 fully saturated rings. The van der Waals surface area contributed by atoms with Gasteiger partial charge in [0, 0.05) is 25.5 Å². The molecule has 2 aromatic rings. The Kier molecular flexibility index (Phi) is 11.8. The maximum Gasteiger partial charge on any atom is 0.417 e. The Morgan fingerprint density at radius 1 is 1.05 bits per heavy atom. The van der Waals surface area contributed by atoms with Crippen molar-refractivity contribution in [1.29, 1.82) is 0 Å². The molecular weight excluding hydrogens is 562 g/mol. The van der Waals surface area contributed by atoms with E-state index >= 15 is 0 Å². The average Bonchev–Trinajstić information content (AvgIpc) is 3.21. The Bertz CT molecular complexity index is 1390. The van der Waals surface area contributed by atoms with Crippen LogP contribution in [0.2, 0.25) is 0 Å². The zero-order valence-electron chi connectivity index (χ0n) is 26.4. The average molecular weight is 606 g/mol. The molecule has 9 heteroatoms. The van der Waals surface area contributed by atoms with E-state index in [4.69, 9.17) is 9.47 Å². The normalized spacial score (nSPS) is 17.6. The van der Waals surface area contributed by atoms with Crippen molar-refractivity contribution in [3.05, 3.63) is 77.4 Å². The number of aliphatic hydroxyl groups is 1. The molecule has 9 nitrogen and oxygen atoms in total. The lowest BCUT2D eigenvalue weighted by Crippen LogP contribution is -2.53. The minimum Gasteiger partial charge on any atom is -0.453 e. The van der Waals surface area contributed by atoms with E-state index in [1.54, 1.807) is 56.3 Å². The fourth-order valence-corrected chi connectivity index (χ4v) is 5.87. The molecule has 0 spiro atoms. The molecule has 1 N–H and O–H groups in total. The molecule has 1 aliphatic heterocycles. The van der Waals surface area contributed by atoms with Crippen LogP contribution in [0, 0.1) is 18.8 Å². The number of amides is 2. The van der Waals surface area contributed by atoms with Gasteiger partial charge in [-0.05, 0) is 63.2 Å². The van der Waals surface area contributed by atoms with Crippen molar-refractivity contribution < 1.29 is 38.6 Å². The number of benzene rings is 2. The molecule has 2 aromatic carbocycles. The molecule has 0 radical (unpaired) electrons. The summed E-state index contributed by atoms with van der Waals surface area (Å²) in [6.45, 7) is 10.1. The minimum absolute atomic E-state index is 0.0174. The molecule has 3 rings (SSSR count). The van der Waals surface area contributed by atoms with Crippen molar-refractivity contribution >= 4 is 35.1 Å². The molecule has 236 valence electrons. The first-order valence-corrected chi connectivity index (χ1v) is 15.0. The summed E-state index contributed by atoms with van der Waals surface area (Å²) in [7, 11) is 0. The number of hydrogen-bond donors (Lipinski definition) is 1. The molecule has 44 heavy (non-hydrogen) atoms. The van der Waals surface area contributed by atoms with E-state index < -0.39 is 47.4 Å². The largest absolute Gasteiger partial charge is 0.453 e. The van der Waals surface area contributed by atoms with Crippen LogP contribution in [0.3, 0.4) is 0 Å². The van der Waals surface area contributed by atoms with Gasteiger partial charge in [-0.15, -0.1) is 0 Å². The predicted octanol–water partition coefficient (Wildman–Crippen LogP) is 5.25. The van der Waals surface area contributed by atoms with Gasteiger partial charge in [-0.1, -0.05) is 74.0 Å². The second-order valence-electron chi connectivity index (χ2n) is 12.1. The number of nitrogens with zero attached hydrogens (tertiary/aromatic N) is 1. The van der Waals surface area contributed by atoms with Gasteiger partial charge in [0.2, 0.25) is 5.91 Å². The molecule has 0 aliphatic carbocycles. The van der Waals surface area contributed by atoms with Crippen LogP contribution in [0.25, 0.3) is 5.57 Å². The number of cyclic esters (lactones) is 1. The monoisotopic (exact) mass is 605 g/mol. The second-order valence-corrected chi connectivity index (χ2v) is 12.1. The molecule has 1 aliphatic rings. The van der Waals surface area contributed by atoms with Crippen molar-refractivity contribution in [2.75, 3.05) is 6.61 Å². The topological polar surface area (TPSA) is 127 Å².